The van der Waals surface area contributed by atoms with E-state index in [0.29, 0.717) is 6.42 Å². The van der Waals surface area contributed by atoms with E-state index in [4.69, 9.17) is 0 Å². The van der Waals surface area contributed by atoms with Gasteiger partial charge in [0, 0.05) is 12.0 Å². The SMILES string of the molecule is Cc1ccc(C(=O)Cc2ccc(C(C)(C)C)cc2)cc1. The molecule has 0 unspecified atom stereocenters. The van der Waals surface area contributed by atoms with E-state index in [2.05, 4.69) is 45.0 Å². The molecule has 2 aromatic carbocycles. The standard InChI is InChI=1S/C19H22O/c1-14-5-9-16(10-6-14)18(20)13-15-7-11-17(12-8-15)19(2,3)4/h5-12H,13H2,1-4H3. The van der Waals surface area contributed by atoms with E-state index in [1.807, 2.05) is 31.2 Å². The van der Waals surface area contributed by atoms with Crippen molar-refractivity contribution in [3.05, 3.63) is 70.8 Å². The minimum atomic E-state index is 0.152. The molecular weight excluding hydrogens is 244 g/mol. The Labute approximate surface area is 121 Å². The first-order valence-corrected chi connectivity index (χ1v) is 7.05. The van der Waals surface area contributed by atoms with E-state index in [-0.39, 0.29) is 11.2 Å². The zero-order valence-electron chi connectivity index (χ0n) is 12.7. The van der Waals surface area contributed by atoms with Crippen LogP contribution in [-0.2, 0) is 11.8 Å². The molecule has 0 aromatic heterocycles. The molecule has 0 aliphatic rings. The Kier molecular flexibility index (Phi) is 4.08. The lowest BCUT2D eigenvalue weighted by Gasteiger charge is -2.19. The Morgan fingerprint density at radius 2 is 1.45 bits per heavy atom. The third-order valence-electron chi connectivity index (χ3n) is 3.56. The van der Waals surface area contributed by atoms with Crippen molar-refractivity contribution in [2.24, 2.45) is 0 Å². The van der Waals surface area contributed by atoms with Gasteiger partial charge in [0.15, 0.2) is 5.78 Å². The fourth-order valence-corrected chi connectivity index (χ4v) is 2.15. The van der Waals surface area contributed by atoms with Gasteiger partial charge in [0.05, 0.1) is 0 Å². The van der Waals surface area contributed by atoms with Crippen molar-refractivity contribution in [1.29, 1.82) is 0 Å². The maximum atomic E-state index is 12.2. The molecule has 0 atom stereocenters. The Balaban J connectivity index is 2.10. The first-order valence-electron chi connectivity index (χ1n) is 7.05. The van der Waals surface area contributed by atoms with Crippen molar-refractivity contribution in [3.8, 4) is 0 Å². The predicted molar refractivity (Wildman–Crippen MR) is 84.4 cm³/mol. The highest BCUT2D eigenvalue weighted by molar-refractivity contribution is 5.97. The molecule has 0 saturated heterocycles. The first kappa shape index (κ1) is 14.5. The van der Waals surface area contributed by atoms with Gasteiger partial charge in [-0.15, -0.1) is 0 Å². The number of ketones is 1. The molecular formula is C19H22O. The summed E-state index contributed by atoms with van der Waals surface area (Å²) in [5.41, 5.74) is 4.48. The lowest BCUT2D eigenvalue weighted by Crippen LogP contribution is -2.11. The molecule has 0 amide bonds. The molecule has 2 aromatic rings. The second-order valence-corrected chi connectivity index (χ2v) is 6.41. The maximum absolute atomic E-state index is 12.2. The van der Waals surface area contributed by atoms with Crippen molar-refractivity contribution in [2.45, 2.75) is 39.5 Å². The Morgan fingerprint density at radius 3 is 1.95 bits per heavy atom. The number of aryl methyl sites for hydroxylation is 1. The monoisotopic (exact) mass is 266 g/mol. The number of carbonyl (C=O) groups excluding carboxylic acids is 1. The van der Waals surface area contributed by atoms with Gasteiger partial charge >= 0.3 is 0 Å². The minimum absolute atomic E-state index is 0.152. The Morgan fingerprint density at radius 1 is 0.900 bits per heavy atom. The fraction of sp³-hybridized carbons (Fsp3) is 0.316. The lowest BCUT2D eigenvalue weighted by molar-refractivity contribution is 0.0993. The second kappa shape index (κ2) is 5.62. The summed E-state index contributed by atoms with van der Waals surface area (Å²) >= 11 is 0. The van der Waals surface area contributed by atoms with Crippen LogP contribution in [-0.4, -0.2) is 5.78 Å². The summed E-state index contributed by atoms with van der Waals surface area (Å²) in [4.78, 5) is 12.2. The number of benzene rings is 2. The van der Waals surface area contributed by atoms with Crippen LogP contribution in [0.15, 0.2) is 48.5 Å². The number of carbonyl (C=O) groups is 1. The molecule has 0 saturated carbocycles. The summed E-state index contributed by atoms with van der Waals surface area (Å²) in [6, 6.07) is 16.1. The fourth-order valence-electron chi connectivity index (χ4n) is 2.15. The quantitative estimate of drug-likeness (QED) is 0.735. The summed E-state index contributed by atoms with van der Waals surface area (Å²) in [7, 11) is 0. The molecule has 0 radical (unpaired) electrons. The molecule has 0 aliphatic heterocycles. The topological polar surface area (TPSA) is 17.1 Å². The zero-order valence-corrected chi connectivity index (χ0v) is 12.7. The molecule has 2 rings (SSSR count). The van der Waals surface area contributed by atoms with Crippen molar-refractivity contribution < 1.29 is 4.79 Å². The molecule has 0 N–H and O–H groups in total. The van der Waals surface area contributed by atoms with E-state index in [0.717, 1.165) is 11.1 Å². The van der Waals surface area contributed by atoms with Crippen LogP contribution in [0.5, 0.6) is 0 Å². The van der Waals surface area contributed by atoms with E-state index in [9.17, 15) is 4.79 Å². The highest BCUT2D eigenvalue weighted by Gasteiger charge is 2.13. The average molecular weight is 266 g/mol. The molecule has 20 heavy (non-hydrogen) atoms. The third kappa shape index (κ3) is 3.57. The summed E-state index contributed by atoms with van der Waals surface area (Å²) in [6.45, 7) is 8.61. The Bertz CT molecular complexity index is 583. The number of rotatable bonds is 3. The predicted octanol–water partition coefficient (Wildman–Crippen LogP) is 4.72. The average Bonchev–Trinajstić information content (AvgIpc) is 2.39. The van der Waals surface area contributed by atoms with Crippen molar-refractivity contribution in [3.63, 3.8) is 0 Å². The number of hydrogen-bond donors (Lipinski definition) is 0. The molecule has 1 heteroatoms. The molecule has 0 aliphatic carbocycles. The zero-order chi connectivity index (χ0) is 14.8. The molecule has 0 fully saturated rings. The number of hydrogen-bond acceptors (Lipinski definition) is 1. The highest BCUT2D eigenvalue weighted by atomic mass is 16.1. The van der Waals surface area contributed by atoms with Gasteiger partial charge < -0.3 is 0 Å². The van der Waals surface area contributed by atoms with E-state index >= 15 is 0 Å². The van der Waals surface area contributed by atoms with Gasteiger partial charge in [-0.25, -0.2) is 0 Å². The minimum Gasteiger partial charge on any atom is -0.294 e. The van der Waals surface area contributed by atoms with Gasteiger partial charge in [-0.3, -0.25) is 4.79 Å². The van der Waals surface area contributed by atoms with Crippen LogP contribution in [0.25, 0.3) is 0 Å². The van der Waals surface area contributed by atoms with Gasteiger partial charge in [0.1, 0.15) is 0 Å². The smallest absolute Gasteiger partial charge is 0.167 e. The van der Waals surface area contributed by atoms with Crippen LogP contribution >= 0.6 is 0 Å². The lowest BCUT2D eigenvalue weighted by atomic mass is 9.86. The maximum Gasteiger partial charge on any atom is 0.167 e. The molecule has 0 spiro atoms. The van der Waals surface area contributed by atoms with Crippen LogP contribution < -0.4 is 0 Å². The summed E-state index contributed by atoms with van der Waals surface area (Å²) in [6.07, 6.45) is 0.466. The molecule has 104 valence electrons. The van der Waals surface area contributed by atoms with Gasteiger partial charge in [0.2, 0.25) is 0 Å². The van der Waals surface area contributed by atoms with Gasteiger partial charge in [-0.2, -0.15) is 0 Å². The summed E-state index contributed by atoms with van der Waals surface area (Å²) in [5, 5.41) is 0. The summed E-state index contributed by atoms with van der Waals surface area (Å²) < 4.78 is 0. The molecule has 0 heterocycles. The van der Waals surface area contributed by atoms with Gasteiger partial charge in [-0.1, -0.05) is 74.9 Å². The summed E-state index contributed by atoms with van der Waals surface area (Å²) in [5.74, 6) is 0.175. The largest absolute Gasteiger partial charge is 0.294 e. The normalized spacial score (nSPS) is 11.4. The first-order chi connectivity index (χ1) is 9.36. The highest BCUT2D eigenvalue weighted by Crippen LogP contribution is 2.22. The van der Waals surface area contributed by atoms with Gasteiger partial charge in [-0.05, 0) is 23.5 Å². The van der Waals surface area contributed by atoms with E-state index < -0.39 is 0 Å². The molecule has 1 nitrogen and oxygen atoms in total. The van der Waals surface area contributed by atoms with Crippen LogP contribution in [0.2, 0.25) is 0 Å². The molecule has 0 bridgehead atoms. The third-order valence-corrected chi connectivity index (χ3v) is 3.56. The van der Waals surface area contributed by atoms with E-state index in [1.165, 1.54) is 11.1 Å². The van der Waals surface area contributed by atoms with E-state index in [1.54, 1.807) is 0 Å². The van der Waals surface area contributed by atoms with Crippen molar-refractivity contribution >= 4 is 5.78 Å². The van der Waals surface area contributed by atoms with Crippen LogP contribution in [0.3, 0.4) is 0 Å². The van der Waals surface area contributed by atoms with Crippen LogP contribution in [0, 0.1) is 6.92 Å². The van der Waals surface area contributed by atoms with Crippen LogP contribution in [0.1, 0.15) is 47.8 Å². The van der Waals surface area contributed by atoms with Gasteiger partial charge in [0.25, 0.3) is 0 Å². The van der Waals surface area contributed by atoms with Crippen LogP contribution in [0.4, 0.5) is 0 Å². The second-order valence-electron chi connectivity index (χ2n) is 6.41. The van der Waals surface area contributed by atoms with Crippen molar-refractivity contribution in [1.82, 2.24) is 0 Å². The number of Topliss-reactive ketones (excluding diaryl/α,β-unsaturated/α-hetero) is 1. The van der Waals surface area contributed by atoms with Crippen molar-refractivity contribution in [2.75, 3.05) is 0 Å². The Hall–Kier alpha value is -1.89.